The van der Waals surface area contributed by atoms with Crippen molar-refractivity contribution in [1.29, 1.82) is 0 Å². The molecule has 1 aromatic heterocycles. The number of rotatable bonds is 10. The number of furan rings is 1. The van der Waals surface area contributed by atoms with Crippen molar-refractivity contribution >= 4 is 0 Å². The van der Waals surface area contributed by atoms with E-state index in [2.05, 4.69) is 37.1 Å². The lowest BCUT2D eigenvalue weighted by atomic mass is 10.2. The van der Waals surface area contributed by atoms with Crippen molar-refractivity contribution in [1.82, 2.24) is 10.2 Å². The molecule has 0 atom stereocenters. The van der Waals surface area contributed by atoms with E-state index in [1.54, 1.807) is 0 Å². The van der Waals surface area contributed by atoms with Crippen LogP contribution >= 0.6 is 0 Å². The molecule has 0 aliphatic rings. The summed E-state index contributed by atoms with van der Waals surface area (Å²) < 4.78 is 5.64. The van der Waals surface area contributed by atoms with Crippen LogP contribution in [0.15, 0.2) is 16.7 Å². The van der Waals surface area contributed by atoms with Gasteiger partial charge in [0.05, 0.1) is 12.8 Å². The van der Waals surface area contributed by atoms with Crippen LogP contribution in [-0.2, 0) is 13.1 Å². The maximum Gasteiger partial charge on any atom is 0.118 e. The number of hydrogen-bond donors (Lipinski definition) is 1. The molecule has 0 fully saturated rings. The lowest BCUT2D eigenvalue weighted by molar-refractivity contribution is 0.244. The lowest BCUT2D eigenvalue weighted by Gasteiger charge is -2.19. The van der Waals surface area contributed by atoms with E-state index in [1.807, 2.05) is 6.26 Å². The van der Waals surface area contributed by atoms with Gasteiger partial charge in [0.25, 0.3) is 0 Å². The number of nitrogens with one attached hydrogen (secondary N) is 1. The summed E-state index contributed by atoms with van der Waals surface area (Å²) >= 11 is 0. The maximum absolute atomic E-state index is 5.64. The molecule has 0 amide bonds. The van der Waals surface area contributed by atoms with Gasteiger partial charge in [-0.1, -0.05) is 20.8 Å². The molecule has 0 saturated carbocycles. The van der Waals surface area contributed by atoms with Gasteiger partial charge in [0.1, 0.15) is 5.76 Å². The molecule has 3 heteroatoms. The first kappa shape index (κ1) is 15.3. The molecule has 3 nitrogen and oxygen atoms in total. The second-order valence-electron chi connectivity index (χ2n) is 4.87. The smallest absolute Gasteiger partial charge is 0.118 e. The van der Waals surface area contributed by atoms with Crippen molar-refractivity contribution in [2.45, 2.75) is 53.1 Å². The zero-order chi connectivity index (χ0) is 13.2. The van der Waals surface area contributed by atoms with Crippen molar-refractivity contribution < 1.29 is 4.42 Å². The quantitative estimate of drug-likeness (QED) is 0.647. The summed E-state index contributed by atoms with van der Waals surface area (Å²) in [6.07, 6.45) is 5.46. The molecule has 0 aliphatic carbocycles. The molecule has 0 unspecified atom stereocenters. The summed E-state index contributed by atoms with van der Waals surface area (Å²) in [7, 11) is 0. The van der Waals surface area contributed by atoms with E-state index >= 15 is 0 Å². The Balaban J connectivity index is 2.40. The molecule has 0 spiro atoms. The van der Waals surface area contributed by atoms with E-state index in [0.717, 1.165) is 38.5 Å². The molecule has 1 heterocycles. The van der Waals surface area contributed by atoms with Crippen molar-refractivity contribution in [2.75, 3.05) is 19.6 Å². The van der Waals surface area contributed by atoms with Gasteiger partial charge in [-0.15, -0.1) is 0 Å². The van der Waals surface area contributed by atoms with Crippen LogP contribution in [0.3, 0.4) is 0 Å². The summed E-state index contributed by atoms with van der Waals surface area (Å²) in [5, 5.41) is 3.39. The van der Waals surface area contributed by atoms with Crippen molar-refractivity contribution in [3.8, 4) is 0 Å². The monoisotopic (exact) mass is 252 g/mol. The fraction of sp³-hybridized carbons (Fsp3) is 0.733. The largest absolute Gasteiger partial charge is 0.468 e. The molecule has 104 valence electrons. The Morgan fingerprint density at radius 2 is 1.83 bits per heavy atom. The maximum atomic E-state index is 5.64. The fourth-order valence-corrected chi connectivity index (χ4v) is 2.13. The Bertz CT molecular complexity index is 303. The zero-order valence-electron chi connectivity index (χ0n) is 12.2. The van der Waals surface area contributed by atoms with Gasteiger partial charge in [-0.25, -0.2) is 0 Å². The van der Waals surface area contributed by atoms with Gasteiger partial charge in [-0.3, -0.25) is 4.90 Å². The zero-order valence-corrected chi connectivity index (χ0v) is 12.2. The average molecular weight is 252 g/mol. The van der Waals surface area contributed by atoms with Crippen LogP contribution in [0.2, 0.25) is 0 Å². The highest BCUT2D eigenvalue weighted by Crippen LogP contribution is 2.11. The summed E-state index contributed by atoms with van der Waals surface area (Å²) in [6, 6.07) is 2.18. The summed E-state index contributed by atoms with van der Waals surface area (Å²) in [4.78, 5) is 2.46. The average Bonchev–Trinajstić information content (AvgIpc) is 2.78. The van der Waals surface area contributed by atoms with Gasteiger partial charge in [0, 0.05) is 12.1 Å². The van der Waals surface area contributed by atoms with E-state index in [4.69, 9.17) is 4.42 Å². The Kier molecular flexibility index (Phi) is 7.78. The first-order valence-electron chi connectivity index (χ1n) is 7.29. The topological polar surface area (TPSA) is 28.4 Å². The van der Waals surface area contributed by atoms with Crippen molar-refractivity contribution in [3.05, 3.63) is 23.7 Å². The molecule has 1 N–H and O–H groups in total. The minimum atomic E-state index is 0.916. The predicted octanol–water partition coefficient (Wildman–Crippen LogP) is 3.40. The second kappa shape index (κ2) is 9.17. The Morgan fingerprint density at radius 1 is 1.11 bits per heavy atom. The second-order valence-corrected chi connectivity index (χ2v) is 4.87. The lowest BCUT2D eigenvalue weighted by Crippen LogP contribution is -2.24. The molecule has 0 saturated heterocycles. The summed E-state index contributed by atoms with van der Waals surface area (Å²) in [6.45, 7) is 11.9. The van der Waals surface area contributed by atoms with Crippen LogP contribution in [0.25, 0.3) is 0 Å². The van der Waals surface area contributed by atoms with E-state index in [9.17, 15) is 0 Å². The first-order valence-corrected chi connectivity index (χ1v) is 7.29. The molecule has 18 heavy (non-hydrogen) atoms. The molecular weight excluding hydrogens is 224 g/mol. The van der Waals surface area contributed by atoms with Crippen LogP contribution in [0, 0.1) is 0 Å². The van der Waals surface area contributed by atoms with Crippen LogP contribution in [-0.4, -0.2) is 24.5 Å². The Morgan fingerprint density at radius 3 is 2.44 bits per heavy atom. The highest BCUT2D eigenvalue weighted by Gasteiger charge is 2.07. The van der Waals surface area contributed by atoms with Gasteiger partial charge in [-0.2, -0.15) is 0 Å². The van der Waals surface area contributed by atoms with Gasteiger partial charge >= 0.3 is 0 Å². The summed E-state index contributed by atoms with van der Waals surface area (Å²) in [5.41, 5.74) is 1.26. The van der Waals surface area contributed by atoms with Crippen LogP contribution in [0.4, 0.5) is 0 Å². The number of hydrogen-bond acceptors (Lipinski definition) is 3. The van der Waals surface area contributed by atoms with E-state index in [1.165, 1.54) is 24.8 Å². The predicted molar refractivity (Wildman–Crippen MR) is 76.6 cm³/mol. The standard InChI is InChI=1S/C15H28N2O/c1-4-7-16-11-14-10-15(18-13-14)12-17(8-5-2)9-6-3/h10,13,16H,4-9,11-12H2,1-3H3. The van der Waals surface area contributed by atoms with E-state index in [-0.39, 0.29) is 0 Å². The van der Waals surface area contributed by atoms with Crippen molar-refractivity contribution in [3.63, 3.8) is 0 Å². The van der Waals surface area contributed by atoms with Crippen molar-refractivity contribution in [2.24, 2.45) is 0 Å². The van der Waals surface area contributed by atoms with Gasteiger partial charge < -0.3 is 9.73 Å². The Hall–Kier alpha value is -0.800. The van der Waals surface area contributed by atoms with Crippen LogP contribution in [0.5, 0.6) is 0 Å². The van der Waals surface area contributed by atoms with Gasteiger partial charge in [0.2, 0.25) is 0 Å². The van der Waals surface area contributed by atoms with Crippen LogP contribution in [0.1, 0.15) is 51.4 Å². The minimum Gasteiger partial charge on any atom is -0.468 e. The normalized spacial score (nSPS) is 11.3. The Labute approximate surface area is 112 Å². The SMILES string of the molecule is CCCNCc1coc(CN(CCC)CCC)c1. The molecule has 1 rings (SSSR count). The molecule has 0 bridgehead atoms. The van der Waals surface area contributed by atoms with Gasteiger partial charge in [0.15, 0.2) is 0 Å². The van der Waals surface area contributed by atoms with E-state index in [0.29, 0.717) is 0 Å². The third-order valence-electron chi connectivity index (χ3n) is 2.92. The molecule has 0 radical (unpaired) electrons. The van der Waals surface area contributed by atoms with Crippen LogP contribution < -0.4 is 5.32 Å². The fourth-order valence-electron chi connectivity index (χ4n) is 2.13. The highest BCUT2D eigenvalue weighted by molar-refractivity contribution is 5.12. The molecule has 1 aromatic rings. The highest BCUT2D eigenvalue weighted by atomic mass is 16.3. The molecule has 0 aliphatic heterocycles. The molecular formula is C15H28N2O. The van der Waals surface area contributed by atoms with Gasteiger partial charge in [-0.05, 0) is 45.0 Å². The number of nitrogens with zero attached hydrogens (tertiary/aromatic N) is 1. The third kappa shape index (κ3) is 5.69. The first-order chi connectivity index (χ1) is 8.80. The minimum absolute atomic E-state index is 0.916. The summed E-state index contributed by atoms with van der Waals surface area (Å²) in [5.74, 6) is 1.09. The third-order valence-corrected chi connectivity index (χ3v) is 2.92. The van der Waals surface area contributed by atoms with E-state index < -0.39 is 0 Å². The molecule has 0 aromatic carbocycles.